The molecule has 0 aromatic rings. The number of hydrogen-bond acceptors (Lipinski definition) is 2. The molecule has 1 fully saturated rings. The Kier molecular flexibility index (Phi) is 2.90. The summed E-state index contributed by atoms with van der Waals surface area (Å²) >= 11 is 0. The summed E-state index contributed by atoms with van der Waals surface area (Å²) < 4.78 is 0. The quantitative estimate of drug-likeness (QED) is 0.565. The van der Waals surface area contributed by atoms with E-state index in [0.717, 1.165) is 25.7 Å². The van der Waals surface area contributed by atoms with Gasteiger partial charge in [0.15, 0.2) is 0 Å². The molecule has 0 aromatic heterocycles. The zero-order chi connectivity index (χ0) is 8.32. The molecular weight excluding hydrogens is 138 g/mol. The topological polar surface area (TPSA) is 46.2 Å². The zero-order valence-electron chi connectivity index (χ0n) is 7.34. The average Bonchev–Trinajstić information content (AvgIpc) is 2.16. The van der Waals surface area contributed by atoms with Gasteiger partial charge in [-0.2, -0.15) is 0 Å². The van der Waals surface area contributed by atoms with Gasteiger partial charge in [-0.3, -0.25) is 0 Å². The van der Waals surface area contributed by atoms with Crippen molar-refractivity contribution in [1.29, 1.82) is 0 Å². The summed E-state index contributed by atoms with van der Waals surface area (Å²) in [5.41, 5.74) is 5.31. The van der Waals surface area contributed by atoms with Crippen LogP contribution in [0.4, 0.5) is 0 Å². The Morgan fingerprint density at radius 1 is 1.45 bits per heavy atom. The Morgan fingerprint density at radius 2 is 2.18 bits per heavy atom. The van der Waals surface area contributed by atoms with Gasteiger partial charge in [0.05, 0.1) is 5.60 Å². The van der Waals surface area contributed by atoms with Gasteiger partial charge in [0.25, 0.3) is 0 Å². The van der Waals surface area contributed by atoms with Crippen molar-refractivity contribution in [2.75, 3.05) is 0 Å². The lowest BCUT2D eigenvalue weighted by Crippen LogP contribution is -2.46. The van der Waals surface area contributed by atoms with Crippen molar-refractivity contribution in [2.24, 2.45) is 5.73 Å². The van der Waals surface area contributed by atoms with E-state index in [-0.39, 0.29) is 6.04 Å². The third-order valence-corrected chi connectivity index (χ3v) is 2.93. The Bertz CT molecular complexity index is 127. The van der Waals surface area contributed by atoms with Crippen molar-refractivity contribution in [1.82, 2.24) is 0 Å². The molecule has 2 unspecified atom stereocenters. The molecular formula is C9H19NO. The lowest BCUT2D eigenvalue weighted by atomic mass is 9.87. The third kappa shape index (κ3) is 1.94. The van der Waals surface area contributed by atoms with Crippen LogP contribution in [0, 0.1) is 0 Å². The SMILES string of the molecule is CCC1(O)CCCCCC1N. The van der Waals surface area contributed by atoms with Crippen LogP contribution in [0.1, 0.15) is 45.4 Å². The monoisotopic (exact) mass is 157 g/mol. The lowest BCUT2D eigenvalue weighted by molar-refractivity contribution is 0.00407. The Balaban J connectivity index is 2.58. The standard InChI is InChI=1S/C9H19NO/c1-2-9(11)7-5-3-4-6-8(9)10/h8,11H,2-7,10H2,1H3. The third-order valence-electron chi connectivity index (χ3n) is 2.93. The predicted molar refractivity (Wildman–Crippen MR) is 46.3 cm³/mol. The van der Waals surface area contributed by atoms with E-state index in [1.54, 1.807) is 0 Å². The molecule has 0 bridgehead atoms. The van der Waals surface area contributed by atoms with Gasteiger partial charge in [-0.05, 0) is 19.3 Å². The number of rotatable bonds is 1. The van der Waals surface area contributed by atoms with Crippen LogP contribution < -0.4 is 5.73 Å². The highest BCUT2D eigenvalue weighted by Crippen LogP contribution is 2.28. The largest absolute Gasteiger partial charge is 0.388 e. The molecule has 0 aromatic carbocycles. The van der Waals surface area contributed by atoms with Crippen LogP contribution in [0.2, 0.25) is 0 Å². The fourth-order valence-electron chi connectivity index (χ4n) is 1.87. The summed E-state index contributed by atoms with van der Waals surface area (Å²) in [7, 11) is 0. The second-order valence-electron chi connectivity index (χ2n) is 3.66. The van der Waals surface area contributed by atoms with Crippen LogP contribution in [0.15, 0.2) is 0 Å². The van der Waals surface area contributed by atoms with Crippen molar-refractivity contribution >= 4 is 0 Å². The Morgan fingerprint density at radius 3 is 2.82 bits per heavy atom. The van der Waals surface area contributed by atoms with E-state index in [4.69, 9.17) is 5.73 Å². The van der Waals surface area contributed by atoms with Gasteiger partial charge in [-0.25, -0.2) is 0 Å². The Labute approximate surface area is 68.8 Å². The van der Waals surface area contributed by atoms with E-state index in [9.17, 15) is 5.11 Å². The maximum absolute atomic E-state index is 10.0. The van der Waals surface area contributed by atoms with Crippen molar-refractivity contribution < 1.29 is 5.11 Å². The first-order valence-electron chi connectivity index (χ1n) is 4.67. The molecule has 1 aliphatic rings. The van der Waals surface area contributed by atoms with Crippen molar-refractivity contribution in [2.45, 2.75) is 57.1 Å². The molecule has 0 radical (unpaired) electrons. The molecule has 1 rings (SSSR count). The van der Waals surface area contributed by atoms with Crippen LogP contribution in [0.3, 0.4) is 0 Å². The molecule has 11 heavy (non-hydrogen) atoms. The molecule has 0 spiro atoms. The highest BCUT2D eigenvalue weighted by atomic mass is 16.3. The van der Waals surface area contributed by atoms with E-state index in [1.165, 1.54) is 12.8 Å². The van der Waals surface area contributed by atoms with E-state index >= 15 is 0 Å². The first-order chi connectivity index (χ1) is 5.19. The molecule has 2 heteroatoms. The second-order valence-corrected chi connectivity index (χ2v) is 3.66. The van der Waals surface area contributed by atoms with Crippen molar-refractivity contribution in [3.63, 3.8) is 0 Å². The van der Waals surface area contributed by atoms with Crippen LogP contribution in [-0.4, -0.2) is 16.7 Å². The summed E-state index contributed by atoms with van der Waals surface area (Å²) in [5, 5.41) is 10.0. The van der Waals surface area contributed by atoms with E-state index in [0.29, 0.717) is 0 Å². The van der Waals surface area contributed by atoms with Gasteiger partial charge in [-0.15, -0.1) is 0 Å². The summed E-state index contributed by atoms with van der Waals surface area (Å²) in [6.45, 7) is 2.02. The van der Waals surface area contributed by atoms with Crippen LogP contribution in [0.25, 0.3) is 0 Å². The molecule has 2 atom stereocenters. The summed E-state index contributed by atoms with van der Waals surface area (Å²) in [6, 6.07) is 0.00926. The molecule has 1 aliphatic carbocycles. The molecule has 0 amide bonds. The molecule has 0 aliphatic heterocycles. The zero-order valence-corrected chi connectivity index (χ0v) is 7.34. The number of aliphatic hydroxyl groups is 1. The molecule has 2 nitrogen and oxygen atoms in total. The van der Waals surface area contributed by atoms with Gasteiger partial charge in [0, 0.05) is 6.04 Å². The molecule has 1 saturated carbocycles. The first kappa shape index (κ1) is 9.01. The maximum Gasteiger partial charge on any atom is 0.0795 e. The van der Waals surface area contributed by atoms with Crippen LogP contribution in [0.5, 0.6) is 0 Å². The summed E-state index contributed by atoms with van der Waals surface area (Å²) in [4.78, 5) is 0. The van der Waals surface area contributed by atoms with Crippen molar-refractivity contribution in [3.05, 3.63) is 0 Å². The number of nitrogens with two attached hydrogens (primary N) is 1. The van der Waals surface area contributed by atoms with Gasteiger partial charge in [0.1, 0.15) is 0 Å². The van der Waals surface area contributed by atoms with Gasteiger partial charge in [0.2, 0.25) is 0 Å². The second kappa shape index (κ2) is 3.55. The van der Waals surface area contributed by atoms with E-state index in [2.05, 4.69) is 0 Å². The molecule has 0 heterocycles. The fourth-order valence-corrected chi connectivity index (χ4v) is 1.87. The molecule has 66 valence electrons. The van der Waals surface area contributed by atoms with Gasteiger partial charge < -0.3 is 10.8 Å². The minimum Gasteiger partial charge on any atom is -0.388 e. The predicted octanol–water partition coefficient (Wildman–Crippen LogP) is 1.42. The molecule has 3 N–H and O–H groups in total. The normalized spacial score (nSPS) is 40.1. The van der Waals surface area contributed by atoms with E-state index in [1.807, 2.05) is 6.92 Å². The lowest BCUT2D eigenvalue weighted by Gasteiger charge is -2.31. The Hall–Kier alpha value is -0.0800. The van der Waals surface area contributed by atoms with Crippen LogP contribution in [-0.2, 0) is 0 Å². The number of hydrogen-bond donors (Lipinski definition) is 2. The average molecular weight is 157 g/mol. The minimum atomic E-state index is -0.559. The summed E-state index contributed by atoms with van der Waals surface area (Å²) in [6.07, 6.45) is 6.24. The van der Waals surface area contributed by atoms with Gasteiger partial charge in [-0.1, -0.05) is 26.2 Å². The van der Waals surface area contributed by atoms with Gasteiger partial charge >= 0.3 is 0 Å². The summed E-state index contributed by atoms with van der Waals surface area (Å²) in [5.74, 6) is 0. The molecule has 0 saturated heterocycles. The highest BCUT2D eigenvalue weighted by molar-refractivity contribution is 4.89. The first-order valence-corrected chi connectivity index (χ1v) is 4.67. The van der Waals surface area contributed by atoms with Crippen molar-refractivity contribution in [3.8, 4) is 0 Å². The fraction of sp³-hybridized carbons (Fsp3) is 1.00. The maximum atomic E-state index is 10.0. The highest BCUT2D eigenvalue weighted by Gasteiger charge is 2.32. The smallest absolute Gasteiger partial charge is 0.0795 e. The van der Waals surface area contributed by atoms with E-state index < -0.39 is 5.60 Å². The minimum absolute atomic E-state index is 0.00926. The van der Waals surface area contributed by atoms with Crippen LogP contribution >= 0.6 is 0 Å².